The largest absolute Gasteiger partial charge is 0.310 e. The first kappa shape index (κ1) is 13.7. The van der Waals surface area contributed by atoms with E-state index in [1.54, 1.807) is 0 Å². The fourth-order valence-corrected chi connectivity index (χ4v) is 4.60. The van der Waals surface area contributed by atoms with Crippen molar-refractivity contribution >= 4 is 11.8 Å². The number of nitrogens with one attached hydrogen (secondary N) is 1. The van der Waals surface area contributed by atoms with Crippen LogP contribution in [0.2, 0.25) is 0 Å². The lowest BCUT2D eigenvalue weighted by molar-refractivity contribution is 0.229. The third-order valence-electron chi connectivity index (χ3n) is 4.92. The van der Waals surface area contributed by atoms with E-state index < -0.39 is 0 Å². The number of thioether (sulfide) groups is 1. The minimum Gasteiger partial charge on any atom is -0.310 e. The molecule has 0 aromatic heterocycles. The summed E-state index contributed by atoms with van der Waals surface area (Å²) in [5.74, 6) is 1.88. The van der Waals surface area contributed by atoms with Gasteiger partial charge in [0.15, 0.2) is 0 Å². The summed E-state index contributed by atoms with van der Waals surface area (Å²) in [7, 11) is 0. The Morgan fingerprint density at radius 3 is 2.29 bits per heavy atom. The van der Waals surface area contributed by atoms with E-state index in [-0.39, 0.29) is 0 Å². The van der Waals surface area contributed by atoms with Crippen molar-refractivity contribution in [2.45, 2.75) is 76.1 Å². The molecule has 0 heterocycles. The van der Waals surface area contributed by atoms with Gasteiger partial charge < -0.3 is 5.32 Å². The molecule has 0 bridgehead atoms. The van der Waals surface area contributed by atoms with Crippen LogP contribution in [0.15, 0.2) is 0 Å². The molecule has 2 unspecified atom stereocenters. The molecule has 0 aromatic rings. The lowest BCUT2D eigenvalue weighted by atomic mass is 9.79. The van der Waals surface area contributed by atoms with E-state index in [0.29, 0.717) is 0 Å². The summed E-state index contributed by atoms with van der Waals surface area (Å²) in [4.78, 5) is 0. The van der Waals surface area contributed by atoms with Gasteiger partial charge in [-0.3, -0.25) is 0 Å². The first-order chi connectivity index (χ1) is 8.20. The highest BCUT2D eigenvalue weighted by molar-refractivity contribution is 7.99. The van der Waals surface area contributed by atoms with Crippen molar-refractivity contribution in [3.8, 4) is 0 Å². The van der Waals surface area contributed by atoms with E-state index in [9.17, 15) is 0 Å². The predicted molar refractivity (Wildman–Crippen MR) is 78.7 cm³/mol. The molecule has 0 aliphatic heterocycles. The Labute approximate surface area is 112 Å². The van der Waals surface area contributed by atoms with Crippen molar-refractivity contribution in [3.63, 3.8) is 0 Å². The predicted octanol–water partition coefficient (Wildman–Crippen LogP) is 4.07. The van der Waals surface area contributed by atoms with E-state index in [2.05, 4.69) is 37.2 Å². The third kappa shape index (κ3) is 3.64. The normalized spacial score (nSPS) is 38.8. The molecule has 1 N–H and O–H groups in total. The van der Waals surface area contributed by atoms with Gasteiger partial charge in [-0.1, -0.05) is 20.3 Å². The van der Waals surface area contributed by atoms with Crippen LogP contribution in [-0.4, -0.2) is 23.6 Å². The highest BCUT2D eigenvalue weighted by Gasteiger charge is 2.30. The Balaban J connectivity index is 1.74. The molecule has 100 valence electrons. The maximum atomic E-state index is 3.96. The Morgan fingerprint density at radius 2 is 1.71 bits per heavy atom. The van der Waals surface area contributed by atoms with Crippen LogP contribution in [0.5, 0.6) is 0 Å². The minimum atomic E-state index is 0.811. The summed E-state index contributed by atoms with van der Waals surface area (Å²) in [6.07, 6.45) is 12.3. The number of hydrogen-bond donors (Lipinski definition) is 1. The number of hydrogen-bond acceptors (Lipinski definition) is 2. The molecule has 17 heavy (non-hydrogen) atoms. The van der Waals surface area contributed by atoms with Gasteiger partial charge in [0.1, 0.15) is 0 Å². The van der Waals surface area contributed by atoms with Crippen LogP contribution >= 0.6 is 11.8 Å². The van der Waals surface area contributed by atoms with Crippen molar-refractivity contribution in [2.24, 2.45) is 11.8 Å². The van der Waals surface area contributed by atoms with Gasteiger partial charge in [-0.05, 0) is 56.6 Å². The molecule has 1 nitrogen and oxygen atoms in total. The molecule has 0 spiro atoms. The third-order valence-corrected chi connectivity index (χ3v) is 6.09. The maximum absolute atomic E-state index is 3.96. The summed E-state index contributed by atoms with van der Waals surface area (Å²) in [6.45, 7) is 4.78. The first-order valence-electron chi connectivity index (χ1n) is 7.49. The van der Waals surface area contributed by atoms with Gasteiger partial charge in [0.05, 0.1) is 0 Å². The van der Waals surface area contributed by atoms with E-state index in [1.807, 2.05) is 0 Å². The molecule has 2 aliphatic rings. The highest BCUT2D eigenvalue weighted by Crippen LogP contribution is 2.33. The molecule has 0 amide bonds. The van der Waals surface area contributed by atoms with E-state index in [1.165, 1.54) is 44.9 Å². The van der Waals surface area contributed by atoms with Crippen LogP contribution < -0.4 is 5.32 Å². The molecule has 2 aliphatic carbocycles. The highest BCUT2D eigenvalue weighted by atomic mass is 32.2. The first-order valence-corrected chi connectivity index (χ1v) is 8.78. The molecule has 2 heteroatoms. The molecule has 2 fully saturated rings. The zero-order chi connectivity index (χ0) is 12.3. The fraction of sp³-hybridized carbons (Fsp3) is 1.00. The zero-order valence-electron chi connectivity index (χ0n) is 11.7. The molecular weight excluding hydrogens is 226 g/mol. The average molecular weight is 255 g/mol. The Kier molecular flexibility index (Phi) is 5.23. The SMILES string of the molecule is CSC1CCCC1NC1CCC(C(C)C)CC1. The molecule has 2 atom stereocenters. The van der Waals surface area contributed by atoms with Gasteiger partial charge in [-0.15, -0.1) is 0 Å². The average Bonchev–Trinajstić information content (AvgIpc) is 2.77. The quantitative estimate of drug-likeness (QED) is 0.812. The molecule has 0 aromatic carbocycles. The van der Waals surface area contributed by atoms with Crippen molar-refractivity contribution in [1.82, 2.24) is 5.32 Å². The standard InChI is InChI=1S/C15H29NS/c1-11(2)12-7-9-13(10-8-12)16-14-5-4-6-15(14)17-3/h11-16H,4-10H2,1-3H3. The second kappa shape index (κ2) is 6.47. The lowest BCUT2D eigenvalue weighted by Crippen LogP contribution is -2.43. The smallest absolute Gasteiger partial charge is 0.0198 e. The van der Waals surface area contributed by atoms with Gasteiger partial charge >= 0.3 is 0 Å². The molecule has 0 radical (unpaired) electrons. The van der Waals surface area contributed by atoms with Gasteiger partial charge in [0, 0.05) is 17.3 Å². The van der Waals surface area contributed by atoms with Crippen molar-refractivity contribution in [1.29, 1.82) is 0 Å². The zero-order valence-corrected chi connectivity index (χ0v) is 12.6. The van der Waals surface area contributed by atoms with Crippen LogP contribution in [-0.2, 0) is 0 Å². The molecular formula is C15H29NS. The van der Waals surface area contributed by atoms with Crippen molar-refractivity contribution in [2.75, 3.05) is 6.26 Å². The van der Waals surface area contributed by atoms with Gasteiger partial charge in [-0.2, -0.15) is 11.8 Å². The van der Waals surface area contributed by atoms with Crippen molar-refractivity contribution < 1.29 is 0 Å². The van der Waals surface area contributed by atoms with Gasteiger partial charge in [-0.25, -0.2) is 0 Å². The van der Waals surface area contributed by atoms with E-state index in [4.69, 9.17) is 0 Å². The summed E-state index contributed by atoms with van der Waals surface area (Å²) in [5.41, 5.74) is 0. The second-order valence-corrected chi connectivity index (χ2v) is 7.41. The summed E-state index contributed by atoms with van der Waals surface area (Å²) >= 11 is 2.07. The van der Waals surface area contributed by atoms with Gasteiger partial charge in [0.2, 0.25) is 0 Å². The summed E-state index contributed by atoms with van der Waals surface area (Å²) in [5, 5.41) is 4.84. The van der Waals surface area contributed by atoms with Gasteiger partial charge in [0.25, 0.3) is 0 Å². The van der Waals surface area contributed by atoms with Crippen LogP contribution in [0.3, 0.4) is 0 Å². The van der Waals surface area contributed by atoms with Crippen LogP contribution in [0.1, 0.15) is 58.8 Å². The maximum Gasteiger partial charge on any atom is 0.0198 e. The Bertz CT molecular complexity index is 221. The minimum absolute atomic E-state index is 0.811. The molecule has 0 saturated heterocycles. The van der Waals surface area contributed by atoms with Crippen LogP contribution in [0, 0.1) is 11.8 Å². The van der Waals surface area contributed by atoms with Crippen LogP contribution in [0.4, 0.5) is 0 Å². The Hall–Kier alpha value is 0.310. The second-order valence-electron chi connectivity index (χ2n) is 6.33. The fourth-order valence-electron chi connectivity index (χ4n) is 3.65. The van der Waals surface area contributed by atoms with Crippen LogP contribution in [0.25, 0.3) is 0 Å². The Morgan fingerprint density at radius 1 is 1.00 bits per heavy atom. The number of rotatable bonds is 4. The van der Waals surface area contributed by atoms with E-state index >= 15 is 0 Å². The summed E-state index contributed by atoms with van der Waals surface area (Å²) in [6, 6.07) is 1.63. The van der Waals surface area contributed by atoms with E-state index in [0.717, 1.165) is 29.2 Å². The monoisotopic (exact) mass is 255 g/mol. The summed E-state index contributed by atoms with van der Waals surface area (Å²) < 4.78 is 0. The molecule has 2 saturated carbocycles. The lowest BCUT2D eigenvalue weighted by Gasteiger charge is -2.34. The van der Waals surface area contributed by atoms with Crippen molar-refractivity contribution in [3.05, 3.63) is 0 Å². The molecule has 2 rings (SSSR count). The topological polar surface area (TPSA) is 12.0 Å².